The maximum absolute atomic E-state index is 12.7. The lowest BCUT2D eigenvalue weighted by Gasteiger charge is -2.28. The van der Waals surface area contributed by atoms with Crippen molar-refractivity contribution in [1.29, 1.82) is 0 Å². The Labute approximate surface area is 382 Å². The van der Waals surface area contributed by atoms with E-state index in [1.807, 2.05) is 27.2 Å². The van der Waals surface area contributed by atoms with E-state index >= 15 is 0 Å². The Hall–Kier alpha value is -1.77. The van der Waals surface area contributed by atoms with Crippen LogP contribution in [0.15, 0.2) is 36.5 Å². The first-order chi connectivity index (χ1) is 30.0. The summed E-state index contributed by atoms with van der Waals surface area (Å²) in [6, 6.07) is 0. The Bertz CT molecular complexity index is 1150. The van der Waals surface area contributed by atoms with Gasteiger partial charge < -0.3 is 27.9 Å². The first-order valence-corrected chi connectivity index (χ1v) is 27.2. The fourth-order valence-electron chi connectivity index (χ4n) is 7.11. The van der Waals surface area contributed by atoms with E-state index < -0.39 is 32.5 Å². The highest BCUT2D eigenvalue weighted by molar-refractivity contribution is 7.45. The molecule has 0 rings (SSSR count). The predicted octanol–water partition coefficient (Wildman–Crippen LogP) is 14.6. The zero-order valence-corrected chi connectivity index (χ0v) is 42.0. The maximum atomic E-state index is 12.7. The van der Waals surface area contributed by atoms with Crippen LogP contribution in [0.3, 0.4) is 0 Å². The van der Waals surface area contributed by atoms with E-state index in [2.05, 4.69) is 44.2 Å². The minimum absolute atomic E-state index is 0.0418. The van der Waals surface area contributed by atoms with Crippen molar-refractivity contribution in [3.63, 3.8) is 0 Å². The number of phosphoric acid groups is 1. The molecule has 0 radical (unpaired) electrons. The number of carbonyl (C=O) groups excluding carboxylic acids is 2. The number of nitrogens with zero attached hydrogens (tertiary/aromatic N) is 1. The van der Waals surface area contributed by atoms with E-state index in [4.69, 9.17) is 18.5 Å². The summed E-state index contributed by atoms with van der Waals surface area (Å²) in [6.07, 6.45) is 52.1. The number of esters is 2. The molecular weight excluding hydrogens is 798 g/mol. The van der Waals surface area contributed by atoms with Crippen molar-refractivity contribution in [3.8, 4) is 0 Å². The molecular formula is C52H98NO8P. The highest BCUT2D eigenvalue weighted by Crippen LogP contribution is 2.38. The molecule has 0 aliphatic carbocycles. The second-order valence-corrected chi connectivity index (χ2v) is 19.9. The second kappa shape index (κ2) is 44.4. The van der Waals surface area contributed by atoms with Gasteiger partial charge in [0, 0.05) is 12.8 Å². The topological polar surface area (TPSA) is 111 Å². The van der Waals surface area contributed by atoms with Crippen molar-refractivity contribution in [3.05, 3.63) is 36.5 Å². The van der Waals surface area contributed by atoms with Crippen molar-refractivity contribution in [2.24, 2.45) is 0 Å². The monoisotopic (exact) mass is 896 g/mol. The molecule has 0 aromatic carbocycles. The molecule has 0 amide bonds. The largest absolute Gasteiger partial charge is 0.756 e. The van der Waals surface area contributed by atoms with Crippen molar-refractivity contribution < 1.29 is 42.1 Å². The highest BCUT2D eigenvalue weighted by Gasteiger charge is 2.21. The maximum Gasteiger partial charge on any atom is 0.306 e. The lowest BCUT2D eigenvalue weighted by atomic mass is 10.0. The van der Waals surface area contributed by atoms with Crippen LogP contribution in [0.5, 0.6) is 0 Å². The van der Waals surface area contributed by atoms with Crippen molar-refractivity contribution in [2.75, 3.05) is 47.5 Å². The SMILES string of the molecule is CCCCCCCCCCCCC/C=C/CCC(=O)OC[C@H](COP(=O)([O-])OCC[N+](C)(C)C)OC(=O)CCC/C=C/CC/C=C/CCCCCCCCCCCCCCCC. The third-order valence-electron chi connectivity index (χ3n) is 11.1. The van der Waals surface area contributed by atoms with Gasteiger partial charge in [0.1, 0.15) is 19.8 Å². The van der Waals surface area contributed by atoms with Gasteiger partial charge in [-0.25, -0.2) is 0 Å². The van der Waals surface area contributed by atoms with E-state index in [0.717, 1.165) is 38.5 Å². The molecule has 1 unspecified atom stereocenters. The number of hydrogen-bond donors (Lipinski definition) is 0. The Morgan fingerprint density at radius 3 is 1.31 bits per heavy atom. The number of unbranched alkanes of at least 4 members (excludes halogenated alkanes) is 27. The van der Waals surface area contributed by atoms with Gasteiger partial charge >= 0.3 is 11.9 Å². The van der Waals surface area contributed by atoms with Gasteiger partial charge in [0.25, 0.3) is 7.82 Å². The van der Waals surface area contributed by atoms with Gasteiger partial charge in [-0.05, 0) is 57.8 Å². The third-order valence-corrected chi connectivity index (χ3v) is 12.1. The van der Waals surface area contributed by atoms with Crippen LogP contribution >= 0.6 is 7.82 Å². The molecule has 364 valence electrons. The smallest absolute Gasteiger partial charge is 0.306 e. The van der Waals surface area contributed by atoms with Gasteiger partial charge in [-0.2, -0.15) is 0 Å². The molecule has 0 aromatic heterocycles. The number of quaternary nitrogens is 1. The first kappa shape index (κ1) is 60.2. The minimum atomic E-state index is -4.65. The molecule has 0 heterocycles. The lowest BCUT2D eigenvalue weighted by molar-refractivity contribution is -0.870. The van der Waals surface area contributed by atoms with Gasteiger partial charge in [-0.15, -0.1) is 0 Å². The van der Waals surface area contributed by atoms with E-state index in [9.17, 15) is 19.0 Å². The van der Waals surface area contributed by atoms with Crippen LogP contribution in [0.2, 0.25) is 0 Å². The Balaban J connectivity index is 4.31. The molecule has 0 saturated carbocycles. The van der Waals surface area contributed by atoms with Crippen LogP contribution in [0.4, 0.5) is 0 Å². The summed E-state index contributed by atoms with van der Waals surface area (Å²) in [6.45, 7) is 4.17. The average Bonchev–Trinajstić information content (AvgIpc) is 3.23. The van der Waals surface area contributed by atoms with Crippen LogP contribution in [-0.4, -0.2) is 70.0 Å². The van der Waals surface area contributed by atoms with Crippen molar-refractivity contribution >= 4 is 19.8 Å². The number of rotatable bonds is 47. The zero-order chi connectivity index (χ0) is 45.7. The summed E-state index contributed by atoms with van der Waals surface area (Å²) in [4.78, 5) is 37.6. The fraction of sp³-hybridized carbons (Fsp3) is 0.846. The lowest BCUT2D eigenvalue weighted by Crippen LogP contribution is -2.37. The molecule has 0 aromatic rings. The average molecular weight is 896 g/mol. The van der Waals surface area contributed by atoms with Gasteiger partial charge in [0.15, 0.2) is 6.10 Å². The number of likely N-dealkylation sites (N-methyl/N-ethyl adjacent to an activating group) is 1. The fourth-order valence-corrected chi connectivity index (χ4v) is 7.83. The second-order valence-electron chi connectivity index (χ2n) is 18.5. The van der Waals surface area contributed by atoms with Crippen LogP contribution in [0, 0.1) is 0 Å². The summed E-state index contributed by atoms with van der Waals surface area (Å²) in [7, 11) is 1.13. The number of phosphoric ester groups is 1. The Kier molecular flexibility index (Phi) is 43.2. The molecule has 0 saturated heterocycles. The quantitative estimate of drug-likeness (QED) is 0.0195. The number of hydrogen-bond acceptors (Lipinski definition) is 8. The van der Waals surface area contributed by atoms with E-state index in [-0.39, 0.29) is 26.1 Å². The minimum Gasteiger partial charge on any atom is -0.756 e. The molecule has 0 spiro atoms. The van der Waals surface area contributed by atoms with Gasteiger partial charge in [-0.3, -0.25) is 14.2 Å². The van der Waals surface area contributed by atoms with Gasteiger partial charge in [0.05, 0.1) is 27.7 Å². The van der Waals surface area contributed by atoms with Crippen molar-refractivity contribution in [1.82, 2.24) is 0 Å². The molecule has 0 aliphatic heterocycles. The highest BCUT2D eigenvalue weighted by atomic mass is 31.2. The van der Waals surface area contributed by atoms with Crippen LogP contribution in [0.1, 0.15) is 232 Å². The molecule has 0 aliphatic rings. The van der Waals surface area contributed by atoms with E-state index in [1.165, 1.54) is 154 Å². The number of ether oxygens (including phenoxy) is 2. The molecule has 0 bridgehead atoms. The van der Waals surface area contributed by atoms with Gasteiger partial charge in [0.2, 0.25) is 0 Å². The van der Waals surface area contributed by atoms with Crippen LogP contribution in [0.25, 0.3) is 0 Å². The first-order valence-electron chi connectivity index (χ1n) is 25.7. The molecule has 10 heteroatoms. The van der Waals surface area contributed by atoms with Crippen LogP contribution < -0.4 is 4.89 Å². The molecule has 9 nitrogen and oxygen atoms in total. The molecule has 62 heavy (non-hydrogen) atoms. The summed E-state index contributed by atoms with van der Waals surface area (Å²) >= 11 is 0. The Morgan fingerprint density at radius 1 is 0.484 bits per heavy atom. The standard InChI is InChI=1S/C52H98NO8P/c1-6-8-10-12-14-16-18-20-22-23-24-25-26-27-28-29-31-33-35-37-39-41-43-45-52(55)61-50(49-60-62(56,57)59-47-46-53(3,4)5)48-58-51(54)44-42-40-38-36-34-32-30-21-19-17-15-13-11-9-7-2/h29,31,37-40,50H,6-28,30,32-36,41-49H2,1-5H3/b31-29+,39-37+,40-38+/t50-/m1/s1. The van der Waals surface area contributed by atoms with E-state index in [0.29, 0.717) is 23.9 Å². The summed E-state index contributed by atoms with van der Waals surface area (Å²) in [5.41, 5.74) is 0. The molecule has 0 N–H and O–H groups in total. The number of carbonyl (C=O) groups is 2. The third kappa shape index (κ3) is 47.7. The number of allylic oxidation sites excluding steroid dienone is 6. The van der Waals surface area contributed by atoms with Gasteiger partial charge in [-0.1, -0.05) is 198 Å². The van der Waals surface area contributed by atoms with E-state index in [1.54, 1.807) is 0 Å². The zero-order valence-electron chi connectivity index (χ0n) is 41.1. The molecule has 0 fully saturated rings. The normalized spacial score (nSPS) is 13.7. The van der Waals surface area contributed by atoms with Crippen molar-refractivity contribution in [2.45, 2.75) is 238 Å². The summed E-state index contributed by atoms with van der Waals surface area (Å²) < 4.78 is 33.9. The predicted molar refractivity (Wildman–Crippen MR) is 259 cm³/mol. The Morgan fingerprint density at radius 2 is 0.871 bits per heavy atom. The summed E-state index contributed by atoms with van der Waals surface area (Å²) in [5.74, 6) is -0.934. The van der Waals surface area contributed by atoms with Crippen LogP contribution in [-0.2, 0) is 32.7 Å². The molecule has 2 atom stereocenters. The summed E-state index contributed by atoms with van der Waals surface area (Å²) in [5, 5.41) is 0.